The second-order valence-corrected chi connectivity index (χ2v) is 5.93. The van der Waals surface area contributed by atoms with Gasteiger partial charge in [0.05, 0.1) is 18.2 Å². The molecule has 0 saturated heterocycles. The summed E-state index contributed by atoms with van der Waals surface area (Å²) >= 11 is 0. The lowest BCUT2D eigenvalue weighted by molar-refractivity contribution is -0.138. The fourth-order valence-corrected chi connectivity index (χ4v) is 1.76. The molecule has 0 saturated carbocycles. The number of aliphatic carboxylic acids is 1. The number of carboxylic acid groups (broad SMARTS) is 1. The molecular formula is C13H21N3O4. The summed E-state index contributed by atoms with van der Waals surface area (Å²) in [5.41, 5.74) is -1.13. The monoisotopic (exact) mass is 283 g/mol. The summed E-state index contributed by atoms with van der Waals surface area (Å²) in [6.07, 6.45) is 2.27. The highest BCUT2D eigenvalue weighted by atomic mass is 16.6. The van der Waals surface area contributed by atoms with Crippen molar-refractivity contribution in [3.8, 4) is 0 Å². The molecule has 20 heavy (non-hydrogen) atoms. The second-order valence-electron chi connectivity index (χ2n) is 5.93. The summed E-state index contributed by atoms with van der Waals surface area (Å²) in [6, 6.07) is 0. The van der Waals surface area contributed by atoms with Crippen LogP contribution in [-0.4, -0.2) is 32.6 Å². The van der Waals surface area contributed by atoms with Gasteiger partial charge in [-0.15, -0.1) is 0 Å². The van der Waals surface area contributed by atoms with E-state index in [1.807, 2.05) is 0 Å². The molecule has 7 heteroatoms. The Kier molecular flexibility index (Phi) is 4.42. The molecule has 0 aliphatic carbocycles. The Bertz CT molecular complexity index is 504. The maximum absolute atomic E-state index is 11.9. The van der Waals surface area contributed by atoms with Crippen molar-refractivity contribution in [3.63, 3.8) is 0 Å². The van der Waals surface area contributed by atoms with Gasteiger partial charge in [-0.25, -0.2) is 4.79 Å². The second kappa shape index (κ2) is 5.52. The standard InChI is InChI=1S/C13H21N3O4/c1-12(2,3)20-11(19)15-13(4,6-10(17)18)9-7-14-16(5)8-9/h7-8H,6H2,1-5H3,(H,15,19)(H,17,18). The number of carboxylic acids is 1. The molecule has 112 valence electrons. The first-order valence-corrected chi connectivity index (χ1v) is 6.24. The van der Waals surface area contributed by atoms with Crippen molar-refractivity contribution >= 4 is 12.1 Å². The molecule has 1 aromatic heterocycles. The van der Waals surface area contributed by atoms with Gasteiger partial charge < -0.3 is 15.2 Å². The van der Waals surface area contributed by atoms with E-state index in [0.29, 0.717) is 5.56 Å². The molecule has 1 aromatic rings. The largest absolute Gasteiger partial charge is 0.481 e. The van der Waals surface area contributed by atoms with Gasteiger partial charge in [-0.2, -0.15) is 5.10 Å². The molecule has 0 aromatic carbocycles. The normalized spacial score (nSPS) is 14.4. The van der Waals surface area contributed by atoms with Gasteiger partial charge >= 0.3 is 12.1 Å². The molecule has 0 aliphatic heterocycles. The lowest BCUT2D eigenvalue weighted by Crippen LogP contribution is -2.46. The van der Waals surface area contributed by atoms with E-state index >= 15 is 0 Å². The Balaban J connectivity index is 2.95. The van der Waals surface area contributed by atoms with Gasteiger partial charge in [0.2, 0.25) is 0 Å². The van der Waals surface area contributed by atoms with Gasteiger partial charge in [-0.1, -0.05) is 0 Å². The van der Waals surface area contributed by atoms with Crippen molar-refractivity contribution in [2.75, 3.05) is 0 Å². The number of aromatic nitrogens is 2. The summed E-state index contributed by atoms with van der Waals surface area (Å²) in [4.78, 5) is 22.9. The molecule has 1 rings (SSSR count). The van der Waals surface area contributed by atoms with Crippen LogP contribution < -0.4 is 5.32 Å². The number of rotatable bonds is 4. The molecule has 0 spiro atoms. The van der Waals surface area contributed by atoms with Crippen molar-refractivity contribution in [1.29, 1.82) is 0 Å². The van der Waals surface area contributed by atoms with Crippen LogP contribution in [0.3, 0.4) is 0 Å². The van der Waals surface area contributed by atoms with Crippen LogP contribution in [0, 0.1) is 0 Å². The molecule has 0 bridgehead atoms. The zero-order valence-electron chi connectivity index (χ0n) is 12.4. The number of carbonyl (C=O) groups excluding carboxylic acids is 1. The van der Waals surface area contributed by atoms with Crippen LogP contribution >= 0.6 is 0 Å². The molecule has 7 nitrogen and oxygen atoms in total. The van der Waals surface area contributed by atoms with E-state index in [1.165, 1.54) is 6.20 Å². The Labute approximate surface area is 117 Å². The van der Waals surface area contributed by atoms with E-state index in [2.05, 4.69) is 10.4 Å². The first kappa shape index (κ1) is 16.0. The molecule has 1 amide bonds. The average molecular weight is 283 g/mol. The summed E-state index contributed by atoms with van der Waals surface area (Å²) in [5, 5.41) is 15.7. The number of hydrogen-bond acceptors (Lipinski definition) is 4. The minimum atomic E-state index is -1.08. The van der Waals surface area contributed by atoms with Crippen molar-refractivity contribution in [1.82, 2.24) is 15.1 Å². The topological polar surface area (TPSA) is 93.5 Å². The molecular weight excluding hydrogens is 262 g/mol. The number of alkyl carbamates (subject to hydrolysis) is 1. The van der Waals surface area contributed by atoms with Gasteiger partial charge in [0.25, 0.3) is 0 Å². The number of carbonyl (C=O) groups is 2. The smallest absolute Gasteiger partial charge is 0.408 e. The van der Waals surface area contributed by atoms with Gasteiger partial charge in [0, 0.05) is 18.8 Å². The predicted molar refractivity (Wildman–Crippen MR) is 72.2 cm³/mol. The molecule has 1 heterocycles. The van der Waals surface area contributed by atoms with Crippen molar-refractivity contribution in [2.45, 2.75) is 45.3 Å². The van der Waals surface area contributed by atoms with Gasteiger partial charge in [0.1, 0.15) is 5.60 Å². The van der Waals surface area contributed by atoms with Crippen LogP contribution in [0.2, 0.25) is 0 Å². The molecule has 0 radical (unpaired) electrons. The number of hydrogen-bond donors (Lipinski definition) is 2. The number of nitrogens with one attached hydrogen (secondary N) is 1. The summed E-state index contributed by atoms with van der Waals surface area (Å²) in [6.45, 7) is 6.85. The number of aryl methyl sites for hydroxylation is 1. The fourth-order valence-electron chi connectivity index (χ4n) is 1.76. The molecule has 1 unspecified atom stereocenters. The van der Waals surface area contributed by atoms with Crippen molar-refractivity contribution < 1.29 is 19.4 Å². The number of nitrogens with zero attached hydrogens (tertiary/aromatic N) is 2. The van der Waals surface area contributed by atoms with Crippen molar-refractivity contribution in [2.24, 2.45) is 7.05 Å². The summed E-state index contributed by atoms with van der Waals surface area (Å²) in [7, 11) is 1.72. The number of amides is 1. The third-order valence-electron chi connectivity index (χ3n) is 2.62. The van der Waals surface area contributed by atoms with Crippen LogP contribution in [0.25, 0.3) is 0 Å². The van der Waals surface area contributed by atoms with Crippen LogP contribution in [0.4, 0.5) is 4.79 Å². The van der Waals surface area contributed by atoms with E-state index in [1.54, 1.807) is 45.6 Å². The Morgan fingerprint density at radius 3 is 2.40 bits per heavy atom. The highest BCUT2D eigenvalue weighted by molar-refractivity contribution is 5.73. The van der Waals surface area contributed by atoms with Crippen LogP contribution in [-0.2, 0) is 22.1 Å². The Morgan fingerprint density at radius 2 is 2.00 bits per heavy atom. The van der Waals surface area contributed by atoms with Gasteiger partial charge in [0.15, 0.2) is 0 Å². The highest BCUT2D eigenvalue weighted by Gasteiger charge is 2.34. The minimum Gasteiger partial charge on any atom is -0.481 e. The highest BCUT2D eigenvalue weighted by Crippen LogP contribution is 2.25. The first-order valence-electron chi connectivity index (χ1n) is 6.24. The van der Waals surface area contributed by atoms with Crippen LogP contribution in [0.1, 0.15) is 39.7 Å². The summed E-state index contributed by atoms with van der Waals surface area (Å²) in [5.74, 6) is -1.02. The van der Waals surface area contributed by atoms with Crippen LogP contribution in [0.15, 0.2) is 12.4 Å². The summed E-state index contributed by atoms with van der Waals surface area (Å²) < 4.78 is 6.72. The van der Waals surface area contributed by atoms with E-state index < -0.39 is 23.2 Å². The zero-order chi connectivity index (χ0) is 15.6. The third kappa shape index (κ3) is 4.56. The zero-order valence-corrected chi connectivity index (χ0v) is 12.4. The van der Waals surface area contributed by atoms with Gasteiger partial charge in [-0.05, 0) is 27.7 Å². The SMILES string of the molecule is Cn1cc(C(C)(CC(=O)O)NC(=O)OC(C)(C)C)cn1. The quantitative estimate of drug-likeness (QED) is 0.876. The van der Waals surface area contributed by atoms with E-state index in [-0.39, 0.29) is 6.42 Å². The lowest BCUT2D eigenvalue weighted by Gasteiger charge is -2.30. The minimum absolute atomic E-state index is 0.266. The average Bonchev–Trinajstić information content (AvgIpc) is 2.60. The maximum atomic E-state index is 11.9. The molecule has 0 fully saturated rings. The van der Waals surface area contributed by atoms with Gasteiger partial charge in [-0.3, -0.25) is 9.48 Å². The van der Waals surface area contributed by atoms with Crippen molar-refractivity contribution in [3.05, 3.63) is 18.0 Å². The maximum Gasteiger partial charge on any atom is 0.408 e. The Morgan fingerprint density at radius 1 is 1.40 bits per heavy atom. The Hall–Kier alpha value is -2.05. The molecule has 1 atom stereocenters. The fraction of sp³-hybridized carbons (Fsp3) is 0.615. The predicted octanol–water partition coefficient (Wildman–Crippen LogP) is 1.63. The van der Waals surface area contributed by atoms with E-state index in [4.69, 9.17) is 9.84 Å². The number of ether oxygens (including phenoxy) is 1. The molecule has 2 N–H and O–H groups in total. The van der Waals surface area contributed by atoms with E-state index in [0.717, 1.165) is 0 Å². The first-order chi connectivity index (χ1) is 9.02. The lowest BCUT2D eigenvalue weighted by atomic mass is 9.91. The third-order valence-corrected chi connectivity index (χ3v) is 2.62. The molecule has 0 aliphatic rings. The van der Waals surface area contributed by atoms with E-state index in [9.17, 15) is 9.59 Å². The van der Waals surface area contributed by atoms with Crippen LogP contribution in [0.5, 0.6) is 0 Å².